The fourth-order valence-electron chi connectivity index (χ4n) is 4.47. The zero-order chi connectivity index (χ0) is 18.1. The molecule has 0 aromatic heterocycles. The maximum atomic E-state index is 13.1. The lowest BCUT2D eigenvalue weighted by molar-refractivity contribution is -0.127. The van der Waals surface area contributed by atoms with Crippen LogP contribution in [0.4, 0.5) is 0 Å². The monoisotopic (exact) mass is 348 g/mol. The molecule has 0 radical (unpaired) electrons. The van der Waals surface area contributed by atoms with Crippen molar-refractivity contribution in [1.82, 2.24) is 10.2 Å². The van der Waals surface area contributed by atoms with E-state index >= 15 is 0 Å². The van der Waals surface area contributed by atoms with E-state index in [1.54, 1.807) is 0 Å². The first-order valence-corrected chi connectivity index (χ1v) is 9.38. The number of fused-ring (bicyclic) bond motifs is 2. The predicted octanol–water partition coefficient (Wildman–Crippen LogP) is 3.56. The third kappa shape index (κ3) is 3.00. The second-order valence-corrected chi connectivity index (χ2v) is 7.39. The van der Waals surface area contributed by atoms with Crippen molar-refractivity contribution in [3.05, 3.63) is 71.8 Å². The van der Waals surface area contributed by atoms with Crippen molar-refractivity contribution in [3.8, 4) is 0 Å². The quantitative estimate of drug-likeness (QED) is 0.918. The molecule has 1 aliphatic heterocycles. The van der Waals surface area contributed by atoms with E-state index in [-0.39, 0.29) is 35.9 Å². The molecule has 2 aromatic carbocycles. The maximum Gasteiger partial charge on any atom is 0.254 e. The van der Waals surface area contributed by atoms with E-state index in [1.807, 2.05) is 72.5 Å². The summed E-state index contributed by atoms with van der Waals surface area (Å²) in [6.45, 7) is 1.99. The van der Waals surface area contributed by atoms with Gasteiger partial charge in [-0.25, -0.2) is 0 Å². The van der Waals surface area contributed by atoms with Gasteiger partial charge in [0, 0.05) is 11.6 Å². The number of benzene rings is 2. The van der Waals surface area contributed by atoms with E-state index in [1.165, 1.54) is 0 Å². The molecular formula is C22H24N2O2. The Morgan fingerprint density at radius 2 is 1.65 bits per heavy atom. The number of nitrogens with one attached hydrogen (secondary N) is 1. The minimum Gasteiger partial charge on any atom is -0.348 e. The molecule has 134 valence electrons. The summed E-state index contributed by atoms with van der Waals surface area (Å²) in [4.78, 5) is 28.0. The van der Waals surface area contributed by atoms with Crippen molar-refractivity contribution < 1.29 is 9.59 Å². The minimum atomic E-state index is -0.354. The van der Waals surface area contributed by atoms with Gasteiger partial charge < -0.3 is 10.2 Å². The molecule has 2 fully saturated rings. The highest BCUT2D eigenvalue weighted by Gasteiger charge is 2.51. The van der Waals surface area contributed by atoms with E-state index in [0.29, 0.717) is 5.56 Å². The van der Waals surface area contributed by atoms with Crippen LogP contribution in [-0.4, -0.2) is 28.8 Å². The van der Waals surface area contributed by atoms with Gasteiger partial charge in [-0.05, 0) is 49.8 Å². The number of nitrogens with zero attached hydrogens (tertiary/aromatic N) is 1. The van der Waals surface area contributed by atoms with Gasteiger partial charge in [-0.2, -0.15) is 0 Å². The zero-order valence-corrected chi connectivity index (χ0v) is 15.0. The summed E-state index contributed by atoms with van der Waals surface area (Å²) in [5.41, 5.74) is 1.74. The predicted molar refractivity (Wildman–Crippen MR) is 101 cm³/mol. The van der Waals surface area contributed by atoms with Crippen LogP contribution in [0.15, 0.2) is 60.7 Å². The van der Waals surface area contributed by atoms with Crippen LogP contribution in [0.5, 0.6) is 0 Å². The average molecular weight is 348 g/mol. The molecule has 1 aliphatic carbocycles. The van der Waals surface area contributed by atoms with Crippen molar-refractivity contribution in [2.45, 2.75) is 44.3 Å². The van der Waals surface area contributed by atoms with Crippen molar-refractivity contribution in [3.63, 3.8) is 0 Å². The molecule has 2 bridgehead atoms. The fraction of sp³-hybridized carbons (Fsp3) is 0.364. The van der Waals surface area contributed by atoms with Crippen LogP contribution in [0.3, 0.4) is 0 Å². The Balaban J connectivity index is 1.54. The smallest absolute Gasteiger partial charge is 0.254 e. The molecule has 4 atom stereocenters. The largest absolute Gasteiger partial charge is 0.348 e. The first-order chi connectivity index (χ1) is 12.6. The highest BCUT2D eigenvalue weighted by atomic mass is 16.2. The van der Waals surface area contributed by atoms with E-state index in [4.69, 9.17) is 0 Å². The maximum absolute atomic E-state index is 13.1. The summed E-state index contributed by atoms with van der Waals surface area (Å²) in [5, 5.41) is 3.13. The molecule has 0 spiro atoms. The number of piperidine rings is 1. The molecule has 4 nitrogen and oxygen atoms in total. The minimum absolute atomic E-state index is 0.0229. The van der Waals surface area contributed by atoms with Crippen LogP contribution >= 0.6 is 0 Å². The molecular weight excluding hydrogens is 324 g/mol. The lowest BCUT2D eigenvalue weighted by Crippen LogP contribution is -2.53. The van der Waals surface area contributed by atoms with Gasteiger partial charge in [0.1, 0.15) is 6.04 Å². The number of hydrogen-bond acceptors (Lipinski definition) is 2. The van der Waals surface area contributed by atoms with Gasteiger partial charge in [0.05, 0.1) is 6.04 Å². The Morgan fingerprint density at radius 1 is 1.00 bits per heavy atom. The number of rotatable bonds is 4. The van der Waals surface area contributed by atoms with Crippen LogP contribution in [0.25, 0.3) is 0 Å². The molecule has 4 rings (SSSR count). The summed E-state index contributed by atoms with van der Waals surface area (Å²) in [7, 11) is 0. The van der Waals surface area contributed by atoms with E-state index in [0.717, 1.165) is 24.8 Å². The van der Waals surface area contributed by atoms with Gasteiger partial charge in [-0.15, -0.1) is 0 Å². The Morgan fingerprint density at radius 3 is 2.35 bits per heavy atom. The van der Waals surface area contributed by atoms with Crippen molar-refractivity contribution in [2.24, 2.45) is 5.92 Å². The van der Waals surface area contributed by atoms with E-state index in [2.05, 4.69) is 5.32 Å². The number of likely N-dealkylation sites (tertiary alicyclic amines) is 1. The fourth-order valence-corrected chi connectivity index (χ4v) is 4.47. The molecule has 2 aromatic rings. The van der Waals surface area contributed by atoms with Gasteiger partial charge >= 0.3 is 0 Å². The van der Waals surface area contributed by atoms with Crippen LogP contribution in [-0.2, 0) is 4.79 Å². The number of hydrogen-bond donors (Lipinski definition) is 1. The molecule has 2 amide bonds. The Labute approximate surface area is 154 Å². The Kier molecular flexibility index (Phi) is 4.49. The Bertz CT molecular complexity index is 790. The summed E-state index contributed by atoms with van der Waals surface area (Å²) in [6, 6.07) is 19.0. The van der Waals surface area contributed by atoms with Gasteiger partial charge in [0.25, 0.3) is 5.91 Å². The molecule has 1 saturated carbocycles. The number of amides is 2. The number of carbonyl (C=O) groups is 2. The van der Waals surface area contributed by atoms with Crippen LogP contribution < -0.4 is 5.32 Å². The molecule has 2 aliphatic rings. The number of carbonyl (C=O) groups excluding carboxylic acids is 2. The highest BCUT2D eigenvalue weighted by molar-refractivity contribution is 5.98. The van der Waals surface area contributed by atoms with Crippen LogP contribution in [0, 0.1) is 5.92 Å². The molecule has 4 heteroatoms. The van der Waals surface area contributed by atoms with Gasteiger partial charge in [0.15, 0.2) is 0 Å². The topological polar surface area (TPSA) is 49.4 Å². The van der Waals surface area contributed by atoms with Crippen molar-refractivity contribution in [2.75, 3.05) is 0 Å². The van der Waals surface area contributed by atoms with E-state index in [9.17, 15) is 9.59 Å². The first kappa shape index (κ1) is 16.8. The standard InChI is InChI=1S/C22H24N2O2/c1-15(16-8-4-2-5-9-16)23-21(25)20-18-12-13-19(14-18)24(20)22(26)17-10-6-3-7-11-17/h2-11,15,18-20H,12-14H2,1H3,(H,23,25)/t15-,18+,19+,20+/m1/s1. The van der Waals surface area contributed by atoms with Crippen molar-refractivity contribution in [1.29, 1.82) is 0 Å². The average Bonchev–Trinajstić information content (AvgIpc) is 3.30. The summed E-state index contributed by atoms with van der Waals surface area (Å²) in [6.07, 6.45) is 2.97. The normalized spacial score (nSPS) is 25.1. The second-order valence-electron chi connectivity index (χ2n) is 7.39. The molecule has 1 N–H and O–H groups in total. The molecule has 1 heterocycles. The zero-order valence-electron chi connectivity index (χ0n) is 15.0. The van der Waals surface area contributed by atoms with Crippen LogP contribution in [0.1, 0.15) is 48.1 Å². The lowest BCUT2D eigenvalue weighted by Gasteiger charge is -2.35. The van der Waals surface area contributed by atoms with Gasteiger partial charge in [-0.3, -0.25) is 9.59 Å². The van der Waals surface area contributed by atoms with Crippen LogP contribution in [0.2, 0.25) is 0 Å². The molecule has 0 unspecified atom stereocenters. The summed E-state index contributed by atoms with van der Waals surface area (Å²) >= 11 is 0. The first-order valence-electron chi connectivity index (χ1n) is 9.38. The second kappa shape index (κ2) is 6.94. The highest BCUT2D eigenvalue weighted by Crippen LogP contribution is 2.43. The third-order valence-electron chi connectivity index (χ3n) is 5.77. The Hall–Kier alpha value is -2.62. The molecule has 26 heavy (non-hydrogen) atoms. The summed E-state index contributed by atoms with van der Waals surface area (Å²) < 4.78 is 0. The van der Waals surface area contributed by atoms with Crippen molar-refractivity contribution >= 4 is 11.8 Å². The van der Waals surface area contributed by atoms with Gasteiger partial charge in [0.2, 0.25) is 5.91 Å². The van der Waals surface area contributed by atoms with E-state index < -0.39 is 0 Å². The van der Waals surface area contributed by atoms with Gasteiger partial charge in [-0.1, -0.05) is 48.5 Å². The summed E-state index contributed by atoms with van der Waals surface area (Å²) in [5.74, 6) is 0.221. The SMILES string of the molecule is C[C@@H](NC(=O)[C@@H]1[C@H]2CC[C@@H](C2)N1C(=O)c1ccccc1)c1ccccc1. The molecule has 1 saturated heterocycles. The lowest BCUT2D eigenvalue weighted by atomic mass is 9.96. The third-order valence-corrected chi connectivity index (χ3v) is 5.77.